The van der Waals surface area contributed by atoms with Crippen LogP contribution in [-0.4, -0.2) is 27.8 Å². The zero-order chi connectivity index (χ0) is 20.2. The van der Waals surface area contributed by atoms with E-state index < -0.39 is 5.91 Å². The first kappa shape index (κ1) is 18.7. The number of carbonyl (C=O) groups excluding carboxylic acids is 1. The van der Waals surface area contributed by atoms with E-state index in [1.807, 2.05) is 42.5 Å². The fourth-order valence-corrected chi connectivity index (χ4v) is 2.93. The van der Waals surface area contributed by atoms with Gasteiger partial charge in [-0.25, -0.2) is 9.67 Å². The Bertz CT molecular complexity index is 1120. The zero-order valence-electron chi connectivity index (χ0n) is 15.5. The molecule has 0 atom stereocenters. The van der Waals surface area contributed by atoms with Gasteiger partial charge in [-0.1, -0.05) is 41.9 Å². The van der Waals surface area contributed by atoms with E-state index in [1.54, 1.807) is 48.2 Å². The second kappa shape index (κ2) is 8.16. The summed E-state index contributed by atoms with van der Waals surface area (Å²) in [7, 11) is 1.59. The number of amides is 1. The minimum absolute atomic E-state index is 0.0645. The van der Waals surface area contributed by atoms with Gasteiger partial charge in [-0.2, -0.15) is 0 Å². The van der Waals surface area contributed by atoms with Crippen LogP contribution in [0.1, 0.15) is 10.6 Å². The molecular formula is C22H17ClN4O2. The quantitative estimate of drug-likeness (QED) is 0.516. The first-order valence-corrected chi connectivity index (χ1v) is 9.25. The molecule has 0 saturated heterocycles. The van der Waals surface area contributed by atoms with Gasteiger partial charge < -0.3 is 10.1 Å². The van der Waals surface area contributed by atoms with Crippen molar-refractivity contribution in [2.24, 2.45) is 0 Å². The molecule has 1 heterocycles. The normalized spacial score (nSPS) is 10.6. The Morgan fingerprint density at radius 3 is 2.31 bits per heavy atom. The zero-order valence-corrected chi connectivity index (χ0v) is 16.3. The van der Waals surface area contributed by atoms with Gasteiger partial charge >= 0.3 is 0 Å². The fourth-order valence-electron chi connectivity index (χ4n) is 2.81. The number of rotatable bonds is 5. The number of hydrogen-bond donors (Lipinski definition) is 1. The minimum atomic E-state index is -0.403. The molecule has 3 aromatic carbocycles. The summed E-state index contributed by atoms with van der Waals surface area (Å²) in [4.78, 5) is 17.2. The van der Waals surface area contributed by atoms with E-state index in [-0.39, 0.29) is 5.82 Å². The number of hydrogen-bond acceptors (Lipinski definition) is 4. The van der Waals surface area contributed by atoms with Crippen LogP contribution in [0.15, 0.2) is 78.9 Å². The Morgan fingerprint density at radius 2 is 1.66 bits per heavy atom. The van der Waals surface area contributed by atoms with Crippen LogP contribution >= 0.6 is 11.6 Å². The largest absolute Gasteiger partial charge is 0.497 e. The standard InChI is InChI=1S/C22H17ClN4O2/c1-29-19-13-9-17(10-14-19)24-22(28)20-25-21(15-5-3-2-4-6-15)27(26-20)18-11-7-16(23)8-12-18/h2-14H,1H3,(H,24,28). The predicted molar refractivity (Wildman–Crippen MR) is 113 cm³/mol. The molecule has 6 nitrogen and oxygen atoms in total. The first-order valence-electron chi connectivity index (χ1n) is 8.88. The van der Waals surface area contributed by atoms with Gasteiger partial charge in [0.2, 0.25) is 5.82 Å². The minimum Gasteiger partial charge on any atom is -0.497 e. The van der Waals surface area contributed by atoms with Crippen molar-refractivity contribution >= 4 is 23.2 Å². The SMILES string of the molecule is COc1ccc(NC(=O)c2nc(-c3ccccc3)n(-c3ccc(Cl)cc3)n2)cc1. The summed E-state index contributed by atoms with van der Waals surface area (Å²) in [5, 5.41) is 7.87. The van der Waals surface area contributed by atoms with Gasteiger partial charge in [0, 0.05) is 16.3 Å². The highest BCUT2D eigenvalue weighted by Crippen LogP contribution is 2.23. The number of benzene rings is 3. The van der Waals surface area contributed by atoms with Crippen molar-refractivity contribution in [2.45, 2.75) is 0 Å². The summed E-state index contributed by atoms with van der Waals surface area (Å²) in [6.45, 7) is 0. The van der Waals surface area contributed by atoms with Crippen LogP contribution in [0, 0.1) is 0 Å². The summed E-state index contributed by atoms with van der Waals surface area (Å²) in [6.07, 6.45) is 0. The molecule has 0 aliphatic heterocycles. The van der Waals surface area contributed by atoms with E-state index in [1.165, 1.54) is 0 Å². The summed E-state index contributed by atoms with van der Waals surface area (Å²) < 4.78 is 6.77. The molecule has 7 heteroatoms. The maximum absolute atomic E-state index is 12.7. The molecule has 0 aliphatic carbocycles. The van der Waals surface area contributed by atoms with Crippen molar-refractivity contribution in [1.29, 1.82) is 0 Å². The van der Waals surface area contributed by atoms with E-state index in [0.29, 0.717) is 22.3 Å². The van der Waals surface area contributed by atoms with Gasteiger partial charge in [-0.15, -0.1) is 5.10 Å². The van der Waals surface area contributed by atoms with Crippen molar-refractivity contribution in [1.82, 2.24) is 14.8 Å². The summed E-state index contributed by atoms with van der Waals surface area (Å²) in [6, 6.07) is 23.8. The lowest BCUT2D eigenvalue weighted by Crippen LogP contribution is -2.14. The van der Waals surface area contributed by atoms with Crippen molar-refractivity contribution in [3.05, 3.63) is 89.7 Å². The molecule has 0 bridgehead atoms. The highest BCUT2D eigenvalue weighted by Gasteiger charge is 2.19. The maximum atomic E-state index is 12.7. The van der Waals surface area contributed by atoms with E-state index in [9.17, 15) is 4.79 Å². The van der Waals surface area contributed by atoms with E-state index in [2.05, 4.69) is 15.4 Å². The first-order chi connectivity index (χ1) is 14.1. The van der Waals surface area contributed by atoms with Crippen molar-refractivity contribution < 1.29 is 9.53 Å². The van der Waals surface area contributed by atoms with E-state index in [0.717, 1.165) is 11.3 Å². The van der Waals surface area contributed by atoms with Crippen molar-refractivity contribution in [3.63, 3.8) is 0 Å². The van der Waals surface area contributed by atoms with Gasteiger partial charge in [0.25, 0.3) is 5.91 Å². The summed E-state index contributed by atoms with van der Waals surface area (Å²) in [5.74, 6) is 0.932. The average molecular weight is 405 g/mol. The number of anilines is 1. The summed E-state index contributed by atoms with van der Waals surface area (Å²) >= 11 is 6.01. The molecule has 29 heavy (non-hydrogen) atoms. The van der Waals surface area contributed by atoms with Crippen LogP contribution in [-0.2, 0) is 0 Å². The number of nitrogens with zero attached hydrogens (tertiary/aromatic N) is 3. The van der Waals surface area contributed by atoms with Gasteiger partial charge in [0.15, 0.2) is 5.82 Å². The van der Waals surface area contributed by atoms with Crippen LogP contribution in [0.4, 0.5) is 5.69 Å². The molecule has 0 fully saturated rings. The third-order valence-corrected chi connectivity index (χ3v) is 4.51. The van der Waals surface area contributed by atoms with Crippen LogP contribution in [0.3, 0.4) is 0 Å². The van der Waals surface area contributed by atoms with Gasteiger partial charge in [-0.3, -0.25) is 4.79 Å². The predicted octanol–water partition coefficient (Wildman–Crippen LogP) is 4.85. The number of halogens is 1. The molecule has 1 N–H and O–H groups in total. The Labute approximate surface area is 172 Å². The second-order valence-corrected chi connectivity index (χ2v) is 6.63. The second-order valence-electron chi connectivity index (χ2n) is 6.20. The smallest absolute Gasteiger partial charge is 0.295 e. The molecular weight excluding hydrogens is 388 g/mol. The van der Waals surface area contributed by atoms with Crippen LogP contribution in [0.25, 0.3) is 17.1 Å². The lowest BCUT2D eigenvalue weighted by atomic mass is 10.2. The summed E-state index contributed by atoms with van der Waals surface area (Å²) in [5.41, 5.74) is 2.22. The van der Waals surface area contributed by atoms with Crippen LogP contribution < -0.4 is 10.1 Å². The highest BCUT2D eigenvalue weighted by atomic mass is 35.5. The molecule has 0 unspecified atom stereocenters. The molecule has 4 rings (SSSR count). The molecule has 1 amide bonds. The third-order valence-electron chi connectivity index (χ3n) is 4.26. The van der Waals surface area contributed by atoms with Gasteiger partial charge in [-0.05, 0) is 48.5 Å². The van der Waals surface area contributed by atoms with Gasteiger partial charge in [0.1, 0.15) is 5.75 Å². The Kier molecular flexibility index (Phi) is 5.27. The molecule has 0 saturated carbocycles. The van der Waals surface area contributed by atoms with Crippen molar-refractivity contribution in [2.75, 3.05) is 12.4 Å². The lowest BCUT2D eigenvalue weighted by Gasteiger charge is -2.05. The third kappa shape index (κ3) is 4.12. The van der Waals surface area contributed by atoms with Gasteiger partial charge in [0.05, 0.1) is 12.8 Å². The number of nitrogens with one attached hydrogen (secondary N) is 1. The maximum Gasteiger partial charge on any atom is 0.295 e. The van der Waals surface area contributed by atoms with E-state index in [4.69, 9.17) is 16.3 Å². The number of carbonyl (C=O) groups is 1. The molecule has 0 radical (unpaired) electrons. The molecule has 0 spiro atoms. The lowest BCUT2D eigenvalue weighted by molar-refractivity contribution is 0.101. The molecule has 1 aromatic heterocycles. The monoisotopic (exact) mass is 404 g/mol. The van der Waals surface area contributed by atoms with Crippen molar-refractivity contribution in [3.8, 4) is 22.8 Å². The number of ether oxygens (including phenoxy) is 1. The Morgan fingerprint density at radius 1 is 0.966 bits per heavy atom. The topological polar surface area (TPSA) is 69.0 Å². The molecule has 144 valence electrons. The highest BCUT2D eigenvalue weighted by molar-refractivity contribution is 6.30. The molecule has 0 aliphatic rings. The fraction of sp³-hybridized carbons (Fsp3) is 0.0455. The van der Waals surface area contributed by atoms with Crippen LogP contribution in [0.5, 0.6) is 5.75 Å². The molecule has 4 aromatic rings. The Hall–Kier alpha value is -3.64. The van der Waals surface area contributed by atoms with Crippen LogP contribution in [0.2, 0.25) is 5.02 Å². The average Bonchev–Trinajstić information content (AvgIpc) is 3.21. The van der Waals surface area contributed by atoms with E-state index >= 15 is 0 Å². The number of aromatic nitrogens is 3. The number of methoxy groups -OCH3 is 1. The Balaban J connectivity index is 1.70.